The summed E-state index contributed by atoms with van der Waals surface area (Å²) in [5, 5.41) is 0. The van der Waals surface area contributed by atoms with E-state index in [9.17, 15) is 0 Å². The van der Waals surface area contributed by atoms with Crippen LogP contribution in [0, 0.1) is 17.8 Å². The van der Waals surface area contributed by atoms with Gasteiger partial charge in [0.2, 0.25) is 0 Å². The highest BCUT2D eigenvalue weighted by Gasteiger charge is 2.30. The van der Waals surface area contributed by atoms with Gasteiger partial charge in [0.25, 0.3) is 0 Å². The Bertz CT molecular complexity index is 528. The Morgan fingerprint density at radius 1 is 0.762 bits per heavy atom. The van der Waals surface area contributed by atoms with Crippen LogP contribution in [-0.2, 0) is 12.8 Å². The summed E-state index contributed by atoms with van der Waals surface area (Å²) in [5.41, 5.74) is 3.02. The van der Waals surface area contributed by atoms with E-state index in [2.05, 4.69) is 67.6 Å². The van der Waals surface area contributed by atoms with Crippen molar-refractivity contribution in [2.24, 2.45) is 17.8 Å². The van der Waals surface area contributed by atoms with Crippen molar-refractivity contribution in [1.29, 1.82) is 0 Å². The van der Waals surface area contributed by atoms with Gasteiger partial charge in [-0.25, -0.2) is 0 Å². The van der Waals surface area contributed by atoms with Gasteiger partial charge in [-0.3, -0.25) is 0 Å². The molecule has 1 aliphatic carbocycles. The Balaban J connectivity index is 1.73. The summed E-state index contributed by atoms with van der Waals surface area (Å²) in [4.78, 5) is 0. The van der Waals surface area contributed by atoms with Crippen molar-refractivity contribution in [2.45, 2.75) is 39.0 Å². The van der Waals surface area contributed by atoms with E-state index in [4.69, 9.17) is 0 Å². The van der Waals surface area contributed by atoms with Crippen LogP contribution >= 0.6 is 0 Å². The zero-order valence-electron chi connectivity index (χ0n) is 13.0. The topological polar surface area (TPSA) is 0 Å². The Kier molecular flexibility index (Phi) is 4.75. The summed E-state index contributed by atoms with van der Waals surface area (Å²) in [6.07, 6.45) is 6.71. The van der Waals surface area contributed by atoms with Gasteiger partial charge in [0, 0.05) is 0 Å². The molecule has 0 aromatic heterocycles. The first-order valence-corrected chi connectivity index (χ1v) is 8.41. The van der Waals surface area contributed by atoms with Crippen LogP contribution < -0.4 is 0 Å². The fraction of sp³-hybridized carbons (Fsp3) is 0.429. The molecular weight excluding hydrogens is 252 g/mol. The minimum atomic E-state index is 0.835. The molecule has 2 aromatic carbocycles. The molecule has 3 atom stereocenters. The second-order valence-corrected chi connectivity index (χ2v) is 6.71. The fourth-order valence-corrected chi connectivity index (χ4v) is 4.02. The van der Waals surface area contributed by atoms with Crippen molar-refractivity contribution < 1.29 is 0 Å². The van der Waals surface area contributed by atoms with Gasteiger partial charge in [0.1, 0.15) is 0 Å². The Morgan fingerprint density at radius 3 is 1.95 bits per heavy atom. The quantitative estimate of drug-likeness (QED) is 0.690. The van der Waals surface area contributed by atoms with Crippen LogP contribution in [0.4, 0.5) is 0 Å². The zero-order valence-corrected chi connectivity index (χ0v) is 13.0. The average molecular weight is 278 g/mol. The molecule has 1 aliphatic rings. The highest BCUT2D eigenvalue weighted by atomic mass is 14.4. The molecule has 0 amide bonds. The van der Waals surface area contributed by atoms with Gasteiger partial charge in [-0.15, -0.1) is 0 Å². The molecule has 3 rings (SSSR count). The molecule has 0 radical (unpaired) electrons. The Labute approximate surface area is 129 Å². The molecule has 0 spiro atoms. The number of hydrogen-bond acceptors (Lipinski definition) is 0. The number of hydrogen-bond donors (Lipinski definition) is 0. The molecule has 0 heterocycles. The summed E-state index contributed by atoms with van der Waals surface area (Å²) in [7, 11) is 0. The molecule has 1 fully saturated rings. The van der Waals surface area contributed by atoms with Crippen molar-refractivity contribution in [3.63, 3.8) is 0 Å². The fourth-order valence-electron chi connectivity index (χ4n) is 4.02. The van der Waals surface area contributed by atoms with E-state index in [0.717, 1.165) is 17.8 Å². The maximum absolute atomic E-state index is 2.46. The van der Waals surface area contributed by atoms with Crippen LogP contribution in [-0.4, -0.2) is 0 Å². The maximum atomic E-state index is 2.46. The van der Waals surface area contributed by atoms with Gasteiger partial charge in [-0.1, -0.05) is 80.4 Å². The largest absolute Gasteiger partial charge is 0.0622 e. The van der Waals surface area contributed by atoms with Crippen LogP contribution in [0.3, 0.4) is 0 Å². The summed E-state index contributed by atoms with van der Waals surface area (Å²) in [6.45, 7) is 2.46. The van der Waals surface area contributed by atoms with E-state index in [1.807, 2.05) is 0 Å². The maximum Gasteiger partial charge on any atom is -0.0245 e. The highest BCUT2D eigenvalue weighted by Crippen LogP contribution is 2.38. The lowest BCUT2D eigenvalue weighted by molar-refractivity contribution is 0.163. The highest BCUT2D eigenvalue weighted by molar-refractivity contribution is 5.18. The van der Waals surface area contributed by atoms with Gasteiger partial charge < -0.3 is 0 Å². The van der Waals surface area contributed by atoms with Crippen molar-refractivity contribution in [3.05, 3.63) is 71.8 Å². The first-order chi connectivity index (χ1) is 10.3. The summed E-state index contributed by atoms with van der Waals surface area (Å²) in [5.74, 6) is 2.53. The number of benzene rings is 2. The lowest BCUT2D eigenvalue weighted by atomic mass is 9.68. The molecule has 0 nitrogen and oxygen atoms in total. The van der Waals surface area contributed by atoms with E-state index in [-0.39, 0.29) is 0 Å². The van der Waals surface area contributed by atoms with Gasteiger partial charge in [-0.2, -0.15) is 0 Å². The molecule has 1 saturated carbocycles. The molecular formula is C21H26. The zero-order chi connectivity index (χ0) is 14.5. The van der Waals surface area contributed by atoms with Gasteiger partial charge in [0.15, 0.2) is 0 Å². The van der Waals surface area contributed by atoms with Crippen LogP contribution in [0.1, 0.15) is 37.3 Å². The third kappa shape index (κ3) is 3.75. The monoisotopic (exact) mass is 278 g/mol. The molecule has 0 saturated heterocycles. The minimum Gasteiger partial charge on any atom is -0.0622 e. The lowest BCUT2D eigenvalue weighted by Gasteiger charge is -2.37. The van der Waals surface area contributed by atoms with Crippen molar-refractivity contribution in [1.82, 2.24) is 0 Å². The van der Waals surface area contributed by atoms with Gasteiger partial charge in [0.05, 0.1) is 0 Å². The minimum absolute atomic E-state index is 0.835. The Hall–Kier alpha value is -1.56. The van der Waals surface area contributed by atoms with Crippen molar-refractivity contribution >= 4 is 0 Å². The second kappa shape index (κ2) is 6.93. The van der Waals surface area contributed by atoms with Crippen LogP contribution in [0.15, 0.2) is 60.7 Å². The molecule has 21 heavy (non-hydrogen) atoms. The molecule has 0 bridgehead atoms. The van der Waals surface area contributed by atoms with E-state index in [1.54, 1.807) is 0 Å². The molecule has 110 valence electrons. The smallest absolute Gasteiger partial charge is 0.0245 e. The normalized spacial score (nSPS) is 25.7. The van der Waals surface area contributed by atoms with E-state index >= 15 is 0 Å². The van der Waals surface area contributed by atoms with Crippen LogP contribution in [0.25, 0.3) is 0 Å². The third-order valence-corrected chi connectivity index (χ3v) is 5.23. The first-order valence-electron chi connectivity index (χ1n) is 8.41. The van der Waals surface area contributed by atoms with Crippen molar-refractivity contribution in [2.75, 3.05) is 0 Å². The number of rotatable bonds is 4. The molecule has 0 N–H and O–H groups in total. The van der Waals surface area contributed by atoms with Crippen LogP contribution in [0.2, 0.25) is 0 Å². The molecule has 0 aliphatic heterocycles. The second-order valence-electron chi connectivity index (χ2n) is 6.71. The SMILES string of the molecule is CC1CCCC(Cc2ccccc2)C1Cc1ccccc1. The van der Waals surface area contributed by atoms with Crippen molar-refractivity contribution in [3.8, 4) is 0 Å². The molecule has 3 unspecified atom stereocenters. The summed E-state index contributed by atoms with van der Waals surface area (Å²) in [6, 6.07) is 22.1. The summed E-state index contributed by atoms with van der Waals surface area (Å²) >= 11 is 0. The van der Waals surface area contributed by atoms with Crippen LogP contribution in [0.5, 0.6) is 0 Å². The van der Waals surface area contributed by atoms with E-state index in [1.165, 1.54) is 43.2 Å². The average Bonchev–Trinajstić information content (AvgIpc) is 2.53. The molecule has 2 aromatic rings. The third-order valence-electron chi connectivity index (χ3n) is 5.23. The predicted octanol–water partition coefficient (Wildman–Crippen LogP) is 5.52. The predicted molar refractivity (Wildman–Crippen MR) is 90.3 cm³/mol. The Morgan fingerprint density at radius 2 is 1.33 bits per heavy atom. The van der Waals surface area contributed by atoms with Gasteiger partial charge >= 0.3 is 0 Å². The lowest BCUT2D eigenvalue weighted by Crippen LogP contribution is -2.30. The van der Waals surface area contributed by atoms with E-state index < -0.39 is 0 Å². The summed E-state index contributed by atoms with van der Waals surface area (Å²) < 4.78 is 0. The molecule has 0 heteroatoms. The van der Waals surface area contributed by atoms with E-state index in [0.29, 0.717) is 0 Å². The standard InChI is InChI=1S/C21H26/c1-17-9-8-14-20(15-18-10-4-2-5-11-18)21(17)16-19-12-6-3-7-13-19/h2-7,10-13,17,20-21H,8-9,14-16H2,1H3. The first kappa shape index (κ1) is 14.4. The van der Waals surface area contributed by atoms with Gasteiger partial charge in [-0.05, 0) is 48.1 Å².